The average Bonchev–Trinajstić information content (AvgIpc) is 2.08. The van der Waals surface area contributed by atoms with Crippen LogP contribution < -0.4 is 11.1 Å². The molecule has 1 rings (SSSR count). The Morgan fingerprint density at radius 2 is 1.71 bits per heavy atom. The summed E-state index contributed by atoms with van der Waals surface area (Å²) in [4.78, 5) is 21.0. The number of carbonyl (C=O) groups is 2. The van der Waals surface area contributed by atoms with E-state index in [1.54, 1.807) is 0 Å². The third-order valence-electron chi connectivity index (χ3n) is 1.33. The molecular weight excluding hydrogens is 211 g/mol. The van der Waals surface area contributed by atoms with Crippen molar-refractivity contribution in [3.63, 3.8) is 0 Å². The predicted molar refractivity (Wildman–Crippen MR) is 51.5 cm³/mol. The number of rotatable bonds is 1. The quantitative estimate of drug-likeness (QED) is 0.680. The van der Waals surface area contributed by atoms with Gasteiger partial charge in [0.15, 0.2) is 0 Å². The molecule has 0 bridgehead atoms. The topological polar surface area (TPSA) is 72.2 Å². The van der Waals surface area contributed by atoms with Gasteiger partial charge in [0.25, 0.3) is 0 Å². The second-order valence-corrected chi connectivity index (χ2v) is 2.33. The Kier molecular flexibility index (Phi) is 4.58. The van der Waals surface area contributed by atoms with Gasteiger partial charge in [0.05, 0.1) is 0 Å². The molecule has 4 nitrogen and oxygen atoms in total. The molecule has 2 amide bonds. The number of amides is 2. The fraction of sp³-hybridized carbons (Fsp3) is 0. The molecule has 3 N–H and O–H groups in total. The lowest BCUT2D eigenvalue weighted by atomic mass is 10.3. The van der Waals surface area contributed by atoms with E-state index < -0.39 is 17.6 Å². The summed E-state index contributed by atoms with van der Waals surface area (Å²) >= 11 is 0. The number of benzene rings is 1. The maximum atomic E-state index is 12.4. The normalized spacial score (nSPS) is 8.64. The highest BCUT2D eigenvalue weighted by Gasteiger charge is 2.07. The predicted octanol–water partition coefficient (Wildman–Crippen LogP) is 0.671. The highest BCUT2D eigenvalue weighted by molar-refractivity contribution is 6.39. The molecule has 0 saturated heterocycles. The van der Waals surface area contributed by atoms with Gasteiger partial charge in [-0.25, -0.2) is 4.39 Å². The summed E-state index contributed by atoms with van der Waals surface area (Å²) in [5.41, 5.74) is 5.01. The number of carbonyl (C=O) groups excluding carboxylic acids is 2. The summed E-state index contributed by atoms with van der Waals surface area (Å²) in [6, 6.07) is 4.99. The Hall–Kier alpha value is -1.62. The van der Waals surface area contributed by atoms with Crippen LogP contribution in [0.2, 0.25) is 0 Å². The van der Waals surface area contributed by atoms with Gasteiger partial charge in [-0.15, -0.1) is 12.4 Å². The molecule has 0 aromatic heterocycles. The van der Waals surface area contributed by atoms with Gasteiger partial charge in [-0.05, 0) is 24.3 Å². The van der Waals surface area contributed by atoms with E-state index in [2.05, 4.69) is 11.1 Å². The first-order valence-electron chi connectivity index (χ1n) is 3.46. The SMILES string of the molecule is Cl.NC(=O)C(=O)Nc1ccc(F)cc1. The minimum atomic E-state index is -1.08. The van der Waals surface area contributed by atoms with Crippen molar-refractivity contribution in [2.75, 3.05) is 5.32 Å². The van der Waals surface area contributed by atoms with Crippen LogP contribution in [0.25, 0.3) is 0 Å². The zero-order chi connectivity index (χ0) is 9.84. The third kappa shape index (κ3) is 3.40. The van der Waals surface area contributed by atoms with E-state index in [4.69, 9.17) is 0 Å². The highest BCUT2D eigenvalue weighted by Crippen LogP contribution is 2.07. The van der Waals surface area contributed by atoms with Gasteiger partial charge >= 0.3 is 11.8 Å². The largest absolute Gasteiger partial charge is 0.361 e. The van der Waals surface area contributed by atoms with Gasteiger partial charge in [0, 0.05) is 5.69 Å². The first kappa shape index (κ1) is 12.4. The van der Waals surface area contributed by atoms with Crippen molar-refractivity contribution < 1.29 is 14.0 Å². The van der Waals surface area contributed by atoms with Crippen molar-refractivity contribution in [1.82, 2.24) is 0 Å². The number of nitrogens with two attached hydrogens (primary N) is 1. The summed E-state index contributed by atoms with van der Waals surface area (Å²) < 4.78 is 12.4. The van der Waals surface area contributed by atoms with Gasteiger partial charge in [-0.3, -0.25) is 9.59 Å². The molecule has 1 aromatic carbocycles. The van der Waals surface area contributed by atoms with E-state index in [9.17, 15) is 14.0 Å². The van der Waals surface area contributed by atoms with E-state index in [-0.39, 0.29) is 12.4 Å². The van der Waals surface area contributed by atoms with Crippen molar-refractivity contribution in [2.24, 2.45) is 5.73 Å². The zero-order valence-corrected chi connectivity index (χ0v) is 7.81. The fourth-order valence-corrected chi connectivity index (χ4v) is 0.726. The Morgan fingerprint density at radius 1 is 1.21 bits per heavy atom. The van der Waals surface area contributed by atoms with Crippen LogP contribution in [0.3, 0.4) is 0 Å². The number of hydrogen-bond acceptors (Lipinski definition) is 2. The van der Waals surface area contributed by atoms with Crippen LogP contribution in [-0.2, 0) is 9.59 Å². The number of anilines is 1. The molecule has 0 saturated carbocycles. The Bertz CT molecular complexity index is 340. The van der Waals surface area contributed by atoms with Crippen LogP contribution in [0.4, 0.5) is 10.1 Å². The van der Waals surface area contributed by atoms with E-state index in [1.807, 2.05) is 0 Å². The maximum Gasteiger partial charge on any atom is 0.313 e. The number of halogens is 2. The summed E-state index contributed by atoms with van der Waals surface area (Å²) in [5.74, 6) is -2.42. The molecule has 14 heavy (non-hydrogen) atoms. The molecule has 0 aliphatic rings. The standard InChI is InChI=1S/C8H7FN2O2.ClH/c9-5-1-3-6(4-2-5)11-8(13)7(10)12;/h1-4H,(H2,10,12)(H,11,13);1H. The van der Waals surface area contributed by atoms with Gasteiger partial charge in [0.1, 0.15) is 5.82 Å². The van der Waals surface area contributed by atoms with Crippen LogP contribution in [0, 0.1) is 5.82 Å². The van der Waals surface area contributed by atoms with Crippen LogP contribution in [0.1, 0.15) is 0 Å². The lowest BCUT2D eigenvalue weighted by Gasteiger charge is -2.00. The van der Waals surface area contributed by atoms with Crippen LogP contribution in [0.5, 0.6) is 0 Å². The van der Waals surface area contributed by atoms with E-state index in [0.29, 0.717) is 5.69 Å². The zero-order valence-electron chi connectivity index (χ0n) is 6.99. The maximum absolute atomic E-state index is 12.4. The van der Waals surface area contributed by atoms with Crippen LogP contribution in [-0.4, -0.2) is 11.8 Å². The van der Waals surface area contributed by atoms with Crippen LogP contribution >= 0.6 is 12.4 Å². The second kappa shape index (κ2) is 5.18. The Morgan fingerprint density at radius 3 is 2.14 bits per heavy atom. The fourth-order valence-electron chi connectivity index (χ4n) is 0.726. The molecular formula is C8H8ClFN2O2. The van der Waals surface area contributed by atoms with E-state index in [0.717, 1.165) is 12.1 Å². The first-order chi connectivity index (χ1) is 6.09. The monoisotopic (exact) mass is 218 g/mol. The van der Waals surface area contributed by atoms with Crippen molar-refractivity contribution in [2.45, 2.75) is 0 Å². The molecule has 0 heterocycles. The van der Waals surface area contributed by atoms with Crippen molar-refractivity contribution >= 4 is 29.9 Å². The molecule has 1 aromatic rings. The molecule has 0 atom stereocenters. The molecule has 6 heteroatoms. The molecule has 76 valence electrons. The minimum Gasteiger partial charge on any atom is -0.361 e. The van der Waals surface area contributed by atoms with Crippen molar-refractivity contribution in [1.29, 1.82) is 0 Å². The number of hydrogen-bond donors (Lipinski definition) is 2. The number of nitrogens with one attached hydrogen (secondary N) is 1. The second-order valence-electron chi connectivity index (χ2n) is 2.33. The number of primary amides is 1. The minimum absolute atomic E-state index is 0. The summed E-state index contributed by atoms with van der Waals surface area (Å²) in [6.45, 7) is 0. The molecule has 0 fully saturated rings. The Labute approximate surface area is 85.7 Å². The van der Waals surface area contributed by atoms with E-state index in [1.165, 1.54) is 12.1 Å². The lowest BCUT2D eigenvalue weighted by molar-refractivity contribution is -0.134. The highest BCUT2D eigenvalue weighted by atomic mass is 35.5. The van der Waals surface area contributed by atoms with Crippen molar-refractivity contribution in [3.8, 4) is 0 Å². The van der Waals surface area contributed by atoms with Crippen molar-refractivity contribution in [3.05, 3.63) is 30.1 Å². The lowest BCUT2D eigenvalue weighted by Crippen LogP contribution is -2.29. The molecule has 0 radical (unpaired) electrons. The van der Waals surface area contributed by atoms with Gasteiger partial charge < -0.3 is 11.1 Å². The molecule has 0 spiro atoms. The summed E-state index contributed by atoms with van der Waals surface area (Å²) in [5, 5.41) is 2.19. The molecule has 0 aliphatic heterocycles. The van der Waals surface area contributed by atoms with Gasteiger partial charge in [-0.2, -0.15) is 0 Å². The van der Waals surface area contributed by atoms with Gasteiger partial charge in [-0.1, -0.05) is 0 Å². The van der Waals surface area contributed by atoms with Crippen LogP contribution in [0.15, 0.2) is 24.3 Å². The summed E-state index contributed by atoms with van der Waals surface area (Å²) in [6.07, 6.45) is 0. The smallest absolute Gasteiger partial charge is 0.313 e. The molecule has 0 aliphatic carbocycles. The summed E-state index contributed by atoms with van der Waals surface area (Å²) in [7, 11) is 0. The molecule has 0 unspecified atom stereocenters. The van der Waals surface area contributed by atoms with Gasteiger partial charge in [0.2, 0.25) is 0 Å². The third-order valence-corrected chi connectivity index (χ3v) is 1.33. The first-order valence-corrected chi connectivity index (χ1v) is 3.46. The Balaban J connectivity index is 0.00000169. The van der Waals surface area contributed by atoms with E-state index >= 15 is 0 Å². The average molecular weight is 219 g/mol.